The summed E-state index contributed by atoms with van der Waals surface area (Å²) < 4.78 is 17.3. The maximum atomic E-state index is 15.7. The zero-order valence-corrected chi connectivity index (χ0v) is 18.6. The van der Waals surface area contributed by atoms with Crippen molar-refractivity contribution < 1.29 is 14.0 Å². The maximum absolute atomic E-state index is 15.7. The van der Waals surface area contributed by atoms with Crippen LogP contribution in [0.2, 0.25) is 0 Å². The summed E-state index contributed by atoms with van der Waals surface area (Å²) in [6.45, 7) is 6.44. The van der Waals surface area contributed by atoms with Crippen molar-refractivity contribution in [2.24, 2.45) is 12.5 Å². The Kier molecular flexibility index (Phi) is 6.10. The SMILES string of the molecule is C=CC(=O)N1CCCC2(CCN(c3nc(-c4cnn(C)c4)c(C=O)c(CNC)c3F)C2)C1. The molecule has 4 rings (SSSR count). The molecule has 0 radical (unpaired) electrons. The summed E-state index contributed by atoms with van der Waals surface area (Å²) in [6.07, 6.45) is 8.18. The van der Waals surface area contributed by atoms with Crippen molar-refractivity contribution in [3.63, 3.8) is 0 Å². The van der Waals surface area contributed by atoms with Gasteiger partial charge in [0.1, 0.15) is 0 Å². The van der Waals surface area contributed by atoms with Crippen molar-refractivity contribution >= 4 is 18.0 Å². The fourth-order valence-electron chi connectivity index (χ4n) is 5.04. The zero-order chi connectivity index (χ0) is 22.9. The quantitative estimate of drug-likeness (QED) is 0.548. The largest absolute Gasteiger partial charge is 0.354 e. The summed E-state index contributed by atoms with van der Waals surface area (Å²) in [5.41, 5.74) is 1.55. The number of carbonyl (C=O) groups is 2. The molecule has 2 aliphatic heterocycles. The molecule has 1 unspecified atom stereocenters. The van der Waals surface area contributed by atoms with E-state index < -0.39 is 5.82 Å². The summed E-state index contributed by atoms with van der Waals surface area (Å²) >= 11 is 0. The third kappa shape index (κ3) is 3.92. The summed E-state index contributed by atoms with van der Waals surface area (Å²) in [5.74, 6) is -0.276. The van der Waals surface area contributed by atoms with Crippen molar-refractivity contribution in [1.29, 1.82) is 0 Å². The molecular formula is C23H29FN6O2. The normalized spacial score (nSPS) is 20.7. The van der Waals surface area contributed by atoms with Gasteiger partial charge in [0.25, 0.3) is 0 Å². The molecule has 32 heavy (non-hydrogen) atoms. The van der Waals surface area contributed by atoms with Crippen LogP contribution >= 0.6 is 0 Å². The molecule has 0 aliphatic carbocycles. The van der Waals surface area contributed by atoms with E-state index in [0.717, 1.165) is 25.8 Å². The summed E-state index contributed by atoms with van der Waals surface area (Å²) in [7, 11) is 3.50. The Bertz CT molecular complexity index is 1050. The molecular weight excluding hydrogens is 411 g/mol. The number of piperidine rings is 1. The van der Waals surface area contributed by atoms with Crippen LogP contribution in [0.1, 0.15) is 35.2 Å². The van der Waals surface area contributed by atoms with Gasteiger partial charge < -0.3 is 15.1 Å². The van der Waals surface area contributed by atoms with E-state index >= 15 is 4.39 Å². The number of nitrogens with one attached hydrogen (secondary N) is 1. The molecule has 1 atom stereocenters. The summed E-state index contributed by atoms with van der Waals surface area (Å²) in [6, 6.07) is 0. The van der Waals surface area contributed by atoms with Gasteiger partial charge in [-0.05, 0) is 32.4 Å². The minimum absolute atomic E-state index is 0.0580. The van der Waals surface area contributed by atoms with Crippen molar-refractivity contribution in [2.75, 3.05) is 38.1 Å². The number of likely N-dealkylation sites (tertiary alicyclic amines) is 1. The second-order valence-corrected chi connectivity index (χ2v) is 8.78. The van der Waals surface area contributed by atoms with Crippen molar-refractivity contribution in [3.8, 4) is 11.3 Å². The first-order chi connectivity index (χ1) is 15.4. The lowest BCUT2D eigenvalue weighted by Gasteiger charge is -2.40. The highest BCUT2D eigenvalue weighted by molar-refractivity contribution is 5.89. The van der Waals surface area contributed by atoms with Gasteiger partial charge in [-0.25, -0.2) is 9.37 Å². The van der Waals surface area contributed by atoms with Crippen LogP contribution in [0.15, 0.2) is 25.0 Å². The Labute approximate surface area is 187 Å². The van der Waals surface area contributed by atoms with E-state index in [1.54, 1.807) is 31.2 Å². The third-order valence-electron chi connectivity index (χ3n) is 6.59. The molecule has 1 N–H and O–H groups in total. The van der Waals surface area contributed by atoms with Crippen LogP contribution in [0.4, 0.5) is 10.2 Å². The number of amides is 1. The lowest BCUT2D eigenvalue weighted by molar-refractivity contribution is -0.129. The van der Waals surface area contributed by atoms with E-state index in [9.17, 15) is 9.59 Å². The number of aromatic nitrogens is 3. The lowest BCUT2D eigenvalue weighted by atomic mass is 9.79. The van der Waals surface area contributed by atoms with Crippen molar-refractivity contribution in [3.05, 3.63) is 42.0 Å². The molecule has 0 aromatic carbocycles. The molecule has 0 bridgehead atoms. The Hall–Kier alpha value is -3.07. The number of hydrogen-bond acceptors (Lipinski definition) is 6. The average Bonchev–Trinajstić information content (AvgIpc) is 3.41. The Morgan fingerprint density at radius 3 is 2.81 bits per heavy atom. The number of pyridine rings is 1. The Balaban J connectivity index is 1.72. The van der Waals surface area contributed by atoms with Gasteiger partial charge in [0.2, 0.25) is 5.91 Å². The van der Waals surface area contributed by atoms with Crippen LogP contribution in [-0.4, -0.2) is 65.1 Å². The number of carbonyl (C=O) groups excluding carboxylic acids is 2. The molecule has 9 heteroatoms. The van der Waals surface area contributed by atoms with Crippen LogP contribution < -0.4 is 10.2 Å². The minimum Gasteiger partial charge on any atom is -0.354 e. The molecule has 8 nitrogen and oxygen atoms in total. The van der Waals surface area contributed by atoms with Gasteiger partial charge in [-0.15, -0.1) is 0 Å². The van der Waals surface area contributed by atoms with E-state index in [1.165, 1.54) is 6.08 Å². The number of aryl methyl sites for hydroxylation is 1. The second-order valence-electron chi connectivity index (χ2n) is 8.78. The summed E-state index contributed by atoms with van der Waals surface area (Å²) in [4.78, 5) is 32.6. The highest BCUT2D eigenvalue weighted by atomic mass is 19.1. The third-order valence-corrected chi connectivity index (χ3v) is 6.59. The monoisotopic (exact) mass is 440 g/mol. The van der Waals surface area contributed by atoms with E-state index in [1.807, 2.05) is 9.80 Å². The molecule has 0 saturated carbocycles. The molecule has 2 aromatic rings. The van der Waals surface area contributed by atoms with Crippen molar-refractivity contribution in [2.45, 2.75) is 25.8 Å². The van der Waals surface area contributed by atoms with E-state index in [0.29, 0.717) is 42.7 Å². The number of halogens is 1. The molecule has 2 fully saturated rings. The molecule has 170 valence electrons. The number of nitrogens with zero attached hydrogens (tertiary/aromatic N) is 5. The lowest BCUT2D eigenvalue weighted by Crippen LogP contribution is -2.47. The predicted molar refractivity (Wildman–Crippen MR) is 120 cm³/mol. The molecule has 4 heterocycles. The van der Waals surface area contributed by atoms with E-state index in [2.05, 4.69) is 22.0 Å². The minimum atomic E-state index is -0.471. The van der Waals surface area contributed by atoms with Crippen LogP contribution in [0, 0.1) is 11.2 Å². The molecule has 2 aromatic heterocycles. The standard InChI is InChI=1S/C23H29FN6O2/c1-4-19(32)29-8-5-6-23(14-29)7-9-30(15-23)22-20(24)17(11-25-2)18(13-31)21(27-22)16-10-26-28(3)12-16/h4,10,12-13,25H,1,5-9,11,14-15H2,2-3H3. The number of anilines is 1. The van der Waals surface area contributed by atoms with Gasteiger partial charge in [0.05, 0.1) is 11.9 Å². The topological polar surface area (TPSA) is 83.4 Å². The average molecular weight is 441 g/mol. The summed E-state index contributed by atoms with van der Waals surface area (Å²) in [5, 5.41) is 7.15. The van der Waals surface area contributed by atoms with Crippen LogP contribution in [0.5, 0.6) is 0 Å². The van der Waals surface area contributed by atoms with Gasteiger partial charge in [-0.1, -0.05) is 6.58 Å². The molecule has 1 amide bonds. The smallest absolute Gasteiger partial charge is 0.245 e. The molecule has 2 saturated heterocycles. The van der Waals surface area contributed by atoms with Gasteiger partial charge in [-0.2, -0.15) is 5.10 Å². The first kappa shape index (κ1) is 22.1. The first-order valence-electron chi connectivity index (χ1n) is 10.9. The van der Waals surface area contributed by atoms with Gasteiger partial charge in [0, 0.05) is 68.1 Å². The number of rotatable bonds is 6. The van der Waals surface area contributed by atoms with Crippen LogP contribution in [0.3, 0.4) is 0 Å². The molecule has 2 aliphatic rings. The highest BCUT2D eigenvalue weighted by Gasteiger charge is 2.43. The van der Waals surface area contributed by atoms with Gasteiger partial charge >= 0.3 is 0 Å². The van der Waals surface area contributed by atoms with Crippen LogP contribution in [0.25, 0.3) is 11.3 Å². The zero-order valence-electron chi connectivity index (χ0n) is 18.6. The van der Waals surface area contributed by atoms with Gasteiger partial charge in [0.15, 0.2) is 17.9 Å². The maximum Gasteiger partial charge on any atom is 0.245 e. The second kappa shape index (κ2) is 8.82. The fraction of sp³-hybridized carbons (Fsp3) is 0.478. The Morgan fingerprint density at radius 2 is 2.16 bits per heavy atom. The number of aldehydes is 1. The van der Waals surface area contributed by atoms with Crippen molar-refractivity contribution in [1.82, 2.24) is 25.0 Å². The fourth-order valence-corrected chi connectivity index (χ4v) is 5.04. The highest BCUT2D eigenvalue weighted by Crippen LogP contribution is 2.42. The first-order valence-corrected chi connectivity index (χ1v) is 10.9. The predicted octanol–water partition coefficient (Wildman–Crippen LogP) is 2.16. The van der Waals surface area contributed by atoms with Gasteiger partial charge in [-0.3, -0.25) is 14.3 Å². The van der Waals surface area contributed by atoms with Crippen LogP contribution in [-0.2, 0) is 18.4 Å². The Morgan fingerprint density at radius 1 is 1.34 bits per heavy atom. The number of hydrogen-bond donors (Lipinski definition) is 1. The molecule has 1 spiro atoms. The van der Waals surface area contributed by atoms with E-state index in [-0.39, 0.29) is 29.2 Å². The van der Waals surface area contributed by atoms with E-state index in [4.69, 9.17) is 0 Å².